The highest BCUT2D eigenvalue weighted by Crippen LogP contribution is 2.43. The van der Waals surface area contributed by atoms with Gasteiger partial charge in [-0.25, -0.2) is 0 Å². The molecule has 1 aromatic rings. The van der Waals surface area contributed by atoms with Gasteiger partial charge < -0.3 is 11.1 Å². The summed E-state index contributed by atoms with van der Waals surface area (Å²) in [6.45, 7) is 0.195. The lowest BCUT2D eigenvalue weighted by Crippen LogP contribution is -2.51. The van der Waals surface area contributed by atoms with E-state index in [0.29, 0.717) is 12.8 Å². The average molecular weight is 351 g/mol. The standard InChI is InChI=1S/C14H18BrF3N2/c15-11-5-1-2-6-12(11)20-13(9-19)7-3-4-10(8-13)14(16,17)18/h1-2,5-6,10,20H,3-4,7-9,19H2. The van der Waals surface area contributed by atoms with Crippen molar-refractivity contribution < 1.29 is 13.2 Å². The highest BCUT2D eigenvalue weighted by molar-refractivity contribution is 9.10. The number of nitrogens with one attached hydrogen (secondary N) is 1. The molecule has 0 heterocycles. The van der Waals surface area contributed by atoms with E-state index in [1.54, 1.807) is 0 Å². The van der Waals surface area contributed by atoms with Crippen LogP contribution in [0.5, 0.6) is 0 Å². The minimum absolute atomic E-state index is 0.0360. The number of hydrogen-bond donors (Lipinski definition) is 2. The lowest BCUT2D eigenvalue weighted by molar-refractivity contribution is -0.185. The van der Waals surface area contributed by atoms with E-state index in [2.05, 4.69) is 21.2 Å². The van der Waals surface area contributed by atoms with Crippen molar-refractivity contribution in [1.82, 2.24) is 0 Å². The third kappa shape index (κ3) is 3.47. The Kier molecular flexibility index (Phi) is 4.64. The Morgan fingerprint density at radius 2 is 2.05 bits per heavy atom. The molecule has 0 bridgehead atoms. The smallest absolute Gasteiger partial charge is 0.377 e. The minimum Gasteiger partial charge on any atom is -0.377 e. The molecule has 1 saturated carbocycles. The van der Waals surface area contributed by atoms with Gasteiger partial charge in [-0.1, -0.05) is 18.6 Å². The molecule has 0 amide bonds. The summed E-state index contributed by atoms with van der Waals surface area (Å²) < 4.78 is 39.7. The monoisotopic (exact) mass is 350 g/mol. The molecule has 1 fully saturated rings. The Morgan fingerprint density at radius 1 is 1.35 bits per heavy atom. The number of anilines is 1. The van der Waals surface area contributed by atoms with Gasteiger partial charge in [-0.2, -0.15) is 13.2 Å². The van der Waals surface area contributed by atoms with Crippen molar-refractivity contribution >= 4 is 21.6 Å². The maximum absolute atomic E-state index is 13.0. The van der Waals surface area contributed by atoms with Crippen LogP contribution < -0.4 is 11.1 Å². The molecule has 0 radical (unpaired) electrons. The third-order valence-electron chi connectivity index (χ3n) is 3.97. The number of benzene rings is 1. The van der Waals surface area contributed by atoms with Gasteiger partial charge in [0.2, 0.25) is 0 Å². The van der Waals surface area contributed by atoms with Gasteiger partial charge in [0.05, 0.1) is 11.5 Å². The van der Waals surface area contributed by atoms with Crippen LogP contribution in [0.2, 0.25) is 0 Å². The van der Waals surface area contributed by atoms with Crippen molar-refractivity contribution in [3.63, 3.8) is 0 Å². The zero-order valence-electron chi connectivity index (χ0n) is 11.0. The van der Waals surface area contributed by atoms with Gasteiger partial charge >= 0.3 is 6.18 Å². The van der Waals surface area contributed by atoms with E-state index in [4.69, 9.17) is 5.73 Å². The molecule has 2 unspecified atom stereocenters. The molecule has 20 heavy (non-hydrogen) atoms. The molecule has 0 aliphatic heterocycles. The molecule has 0 aromatic heterocycles. The summed E-state index contributed by atoms with van der Waals surface area (Å²) in [6.07, 6.45) is -2.70. The zero-order valence-corrected chi connectivity index (χ0v) is 12.6. The Balaban J connectivity index is 2.19. The van der Waals surface area contributed by atoms with Gasteiger partial charge in [-0.3, -0.25) is 0 Å². The van der Waals surface area contributed by atoms with Crippen molar-refractivity contribution in [2.45, 2.75) is 37.4 Å². The van der Waals surface area contributed by atoms with Gasteiger partial charge in [0.15, 0.2) is 0 Å². The maximum Gasteiger partial charge on any atom is 0.391 e. The van der Waals surface area contributed by atoms with Crippen LogP contribution in [0, 0.1) is 5.92 Å². The molecule has 2 rings (SSSR count). The summed E-state index contributed by atoms with van der Waals surface area (Å²) >= 11 is 3.41. The van der Waals surface area contributed by atoms with Gasteiger partial charge in [0.1, 0.15) is 0 Å². The van der Waals surface area contributed by atoms with Crippen LogP contribution >= 0.6 is 15.9 Å². The highest BCUT2D eigenvalue weighted by atomic mass is 79.9. The molecule has 2 atom stereocenters. The molecule has 1 aliphatic carbocycles. The molecule has 3 N–H and O–H groups in total. The first-order chi connectivity index (χ1) is 9.36. The largest absolute Gasteiger partial charge is 0.391 e. The van der Waals surface area contributed by atoms with Crippen LogP contribution in [0.25, 0.3) is 0 Å². The summed E-state index contributed by atoms with van der Waals surface area (Å²) in [7, 11) is 0. The van der Waals surface area contributed by atoms with E-state index in [-0.39, 0.29) is 19.4 Å². The van der Waals surface area contributed by atoms with Crippen LogP contribution in [0.4, 0.5) is 18.9 Å². The van der Waals surface area contributed by atoms with E-state index >= 15 is 0 Å². The van der Waals surface area contributed by atoms with E-state index < -0.39 is 17.6 Å². The van der Waals surface area contributed by atoms with E-state index in [0.717, 1.165) is 10.2 Å². The Hall–Kier alpha value is -0.750. The second-order valence-corrected chi connectivity index (χ2v) is 6.28. The highest BCUT2D eigenvalue weighted by Gasteiger charge is 2.47. The van der Waals surface area contributed by atoms with Crippen LogP contribution in [-0.4, -0.2) is 18.3 Å². The first-order valence-electron chi connectivity index (χ1n) is 6.66. The second-order valence-electron chi connectivity index (χ2n) is 5.42. The molecule has 0 saturated heterocycles. The normalized spacial score (nSPS) is 27.4. The predicted molar refractivity (Wildman–Crippen MR) is 77.6 cm³/mol. The number of hydrogen-bond acceptors (Lipinski definition) is 2. The third-order valence-corrected chi connectivity index (χ3v) is 4.66. The van der Waals surface area contributed by atoms with Crippen LogP contribution in [-0.2, 0) is 0 Å². The maximum atomic E-state index is 13.0. The Bertz CT molecular complexity index is 464. The van der Waals surface area contributed by atoms with Crippen molar-refractivity contribution in [3.8, 4) is 0 Å². The van der Waals surface area contributed by atoms with Crippen molar-refractivity contribution in [2.75, 3.05) is 11.9 Å². The fourth-order valence-corrected chi connectivity index (χ4v) is 3.22. The fourth-order valence-electron chi connectivity index (χ4n) is 2.84. The first kappa shape index (κ1) is 15.6. The average Bonchev–Trinajstić information content (AvgIpc) is 2.41. The summed E-state index contributed by atoms with van der Waals surface area (Å²) in [5.41, 5.74) is 5.91. The summed E-state index contributed by atoms with van der Waals surface area (Å²) in [4.78, 5) is 0. The fraction of sp³-hybridized carbons (Fsp3) is 0.571. The molecule has 2 nitrogen and oxygen atoms in total. The van der Waals surface area contributed by atoms with E-state index in [1.165, 1.54) is 0 Å². The van der Waals surface area contributed by atoms with Gasteiger partial charge in [-0.15, -0.1) is 0 Å². The summed E-state index contributed by atoms with van der Waals surface area (Å²) in [5.74, 6) is -1.27. The molecule has 0 spiro atoms. The minimum atomic E-state index is -4.14. The SMILES string of the molecule is NCC1(Nc2ccccc2Br)CCCC(C(F)(F)F)C1. The van der Waals surface area contributed by atoms with Gasteiger partial charge in [0.25, 0.3) is 0 Å². The van der Waals surface area contributed by atoms with Crippen LogP contribution in [0.1, 0.15) is 25.7 Å². The quantitative estimate of drug-likeness (QED) is 0.852. The van der Waals surface area contributed by atoms with Gasteiger partial charge in [0, 0.05) is 16.7 Å². The Morgan fingerprint density at radius 3 is 2.65 bits per heavy atom. The molecule has 6 heteroatoms. The number of alkyl halides is 3. The molecule has 1 aliphatic rings. The van der Waals surface area contributed by atoms with Crippen LogP contribution in [0.15, 0.2) is 28.7 Å². The molecular formula is C14H18BrF3N2. The first-order valence-corrected chi connectivity index (χ1v) is 7.45. The van der Waals surface area contributed by atoms with E-state index in [9.17, 15) is 13.2 Å². The van der Waals surface area contributed by atoms with Crippen molar-refractivity contribution in [3.05, 3.63) is 28.7 Å². The Labute approximate surface area is 125 Å². The summed E-state index contributed by atoms with van der Waals surface area (Å²) in [5, 5.41) is 3.24. The van der Waals surface area contributed by atoms with E-state index in [1.807, 2.05) is 24.3 Å². The van der Waals surface area contributed by atoms with Crippen molar-refractivity contribution in [2.24, 2.45) is 11.7 Å². The second kappa shape index (κ2) is 5.93. The van der Waals surface area contributed by atoms with Gasteiger partial charge in [-0.05, 0) is 47.3 Å². The zero-order chi connectivity index (χ0) is 14.8. The lowest BCUT2D eigenvalue weighted by atomic mass is 9.75. The van der Waals surface area contributed by atoms with Crippen LogP contribution in [0.3, 0.4) is 0 Å². The lowest BCUT2D eigenvalue weighted by Gasteiger charge is -2.42. The van der Waals surface area contributed by atoms with Crippen molar-refractivity contribution in [1.29, 1.82) is 0 Å². The number of rotatable bonds is 3. The number of halogens is 4. The molecule has 1 aromatic carbocycles. The summed E-state index contributed by atoms with van der Waals surface area (Å²) in [6, 6.07) is 7.42. The number of nitrogens with two attached hydrogens (primary N) is 1. The molecular weight excluding hydrogens is 333 g/mol. The molecule has 112 valence electrons. The number of para-hydroxylation sites is 1. The predicted octanol–water partition coefficient (Wildman–Crippen LogP) is 4.31. The topological polar surface area (TPSA) is 38.0 Å².